The van der Waals surface area contributed by atoms with Crippen LogP contribution in [0.1, 0.15) is 67.1 Å². The first-order chi connectivity index (χ1) is 15.1. The minimum Gasteiger partial charge on any atom is -0.507 e. The normalized spacial score (nSPS) is 21.6. The van der Waals surface area contributed by atoms with Crippen molar-refractivity contribution in [1.29, 1.82) is 0 Å². The number of rotatable bonds is 4. The first kappa shape index (κ1) is 21.9. The molecule has 0 unspecified atom stereocenters. The molecule has 168 valence electrons. The van der Waals surface area contributed by atoms with Crippen molar-refractivity contribution in [3.05, 3.63) is 58.7 Å². The predicted octanol–water partition coefficient (Wildman–Crippen LogP) is 4.87. The minimum atomic E-state index is -0.646. The van der Waals surface area contributed by atoms with Gasteiger partial charge in [0.25, 0.3) is 0 Å². The Morgan fingerprint density at radius 1 is 1.19 bits per heavy atom. The van der Waals surface area contributed by atoms with Crippen LogP contribution in [0, 0.1) is 5.92 Å². The number of carbonyl (C=O) groups is 2. The van der Waals surface area contributed by atoms with Crippen molar-refractivity contribution in [2.24, 2.45) is 5.92 Å². The number of Topliss-reactive ketones (excluding diaryl/α,β-unsaturated/α-hetero) is 1. The average Bonchev–Trinajstić information content (AvgIpc) is 2.76. The molecule has 2 aliphatic heterocycles. The van der Waals surface area contributed by atoms with E-state index < -0.39 is 23.4 Å². The van der Waals surface area contributed by atoms with Crippen molar-refractivity contribution in [3.63, 3.8) is 0 Å². The van der Waals surface area contributed by atoms with E-state index in [-0.39, 0.29) is 29.6 Å². The van der Waals surface area contributed by atoms with Crippen LogP contribution >= 0.6 is 0 Å². The molecule has 2 aromatic carbocycles. The van der Waals surface area contributed by atoms with Gasteiger partial charge in [-0.25, -0.2) is 0 Å². The molecule has 6 nitrogen and oxygen atoms in total. The van der Waals surface area contributed by atoms with E-state index in [0.717, 1.165) is 5.56 Å². The Labute approximate surface area is 187 Å². The zero-order chi connectivity index (χ0) is 23.2. The third-order valence-corrected chi connectivity index (χ3v) is 6.29. The SMILES string of the molecule is COC(=O)C[C@@H](c1ccccc1)c1c(O)c2c(c3c1OC(C)(C)C=C3)O[C@H](C)[C@H](C)C2=O. The Bertz CT molecular complexity index is 1100. The van der Waals surface area contributed by atoms with Gasteiger partial charge < -0.3 is 19.3 Å². The second kappa shape index (κ2) is 8.01. The molecular formula is C26H28O6. The molecular weight excluding hydrogens is 408 g/mol. The van der Waals surface area contributed by atoms with E-state index in [4.69, 9.17) is 14.2 Å². The van der Waals surface area contributed by atoms with Crippen molar-refractivity contribution in [2.75, 3.05) is 7.11 Å². The molecule has 0 amide bonds. The molecule has 0 aliphatic carbocycles. The van der Waals surface area contributed by atoms with Crippen molar-refractivity contribution in [2.45, 2.75) is 51.7 Å². The van der Waals surface area contributed by atoms with Crippen molar-refractivity contribution >= 4 is 17.8 Å². The molecule has 0 saturated heterocycles. The van der Waals surface area contributed by atoms with Crippen LogP contribution in [0.5, 0.6) is 17.2 Å². The molecule has 6 heteroatoms. The highest BCUT2D eigenvalue weighted by Gasteiger charge is 2.42. The summed E-state index contributed by atoms with van der Waals surface area (Å²) in [5.41, 5.74) is 1.29. The van der Waals surface area contributed by atoms with Gasteiger partial charge >= 0.3 is 5.97 Å². The average molecular weight is 437 g/mol. The summed E-state index contributed by atoms with van der Waals surface area (Å²) in [6.07, 6.45) is 3.41. The maximum atomic E-state index is 13.3. The zero-order valence-electron chi connectivity index (χ0n) is 19.0. The lowest BCUT2D eigenvalue weighted by Gasteiger charge is -2.36. The lowest BCUT2D eigenvalue weighted by Crippen LogP contribution is -2.35. The summed E-state index contributed by atoms with van der Waals surface area (Å²) in [4.78, 5) is 25.6. The Morgan fingerprint density at radius 3 is 2.53 bits per heavy atom. The third-order valence-electron chi connectivity index (χ3n) is 6.29. The monoisotopic (exact) mass is 436 g/mol. The molecule has 0 radical (unpaired) electrons. The van der Waals surface area contributed by atoms with Crippen molar-refractivity contribution in [3.8, 4) is 17.2 Å². The predicted molar refractivity (Wildman–Crippen MR) is 120 cm³/mol. The number of esters is 1. The standard InChI is InChI=1S/C26H28O6/c1-14-15(2)31-24-17-11-12-26(3,4)32-25(17)20(23(29)21(24)22(14)28)18(13-19(27)30-5)16-9-7-6-8-10-16/h6-12,14-15,18,29H,13H2,1-5H3/t14-,15+,18-/m0/s1. The maximum Gasteiger partial charge on any atom is 0.306 e. The number of ketones is 1. The fraction of sp³-hybridized carbons (Fsp3) is 0.385. The van der Waals surface area contributed by atoms with E-state index in [1.54, 1.807) is 6.92 Å². The topological polar surface area (TPSA) is 82.1 Å². The number of fused-ring (bicyclic) bond motifs is 3. The van der Waals surface area contributed by atoms with Gasteiger partial charge in [-0.2, -0.15) is 0 Å². The number of phenolic OH excluding ortho intramolecular Hbond substituents is 1. The number of methoxy groups -OCH3 is 1. The summed E-state index contributed by atoms with van der Waals surface area (Å²) in [5.74, 6) is -1.07. The number of hydrogen-bond acceptors (Lipinski definition) is 6. The third kappa shape index (κ3) is 3.64. The van der Waals surface area contributed by atoms with Crippen LogP contribution in [0.15, 0.2) is 36.4 Å². The van der Waals surface area contributed by atoms with Crippen LogP contribution in [-0.4, -0.2) is 35.7 Å². The first-order valence-electron chi connectivity index (χ1n) is 10.8. The summed E-state index contributed by atoms with van der Waals surface area (Å²) >= 11 is 0. The molecule has 2 heterocycles. The minimum absolute atomic E-state index is 0.0200. The largest absolute Gasteiger partial charge is 0.507 e. The highest BCUT2D eigenvalue weighted by Crippen LogP contribution is 2.54. The molecule has 0 bridgehead atoms. The van der Waals surface area contributed by atoms with Crippen LogP contribution in [0.3, 0.4) is 0 Å². The Balaban J connectivity index is 2.04. The van der Waals surface area contributed by atoms with Crippen molar-refractivity contribution < 1.29 is 28.9 Å². The molecule has 2 aliphatic rings. The molecule has 0 spiro atoms. The summed E-state index contributed by atoms with van der Waals surface area (Å²) in [7, 11) is 1.33. The second-order valence-electron chi connectivity index (χ2n) is 8.97. The summed E-state index contributed by atoms with van der Waals surface area (Å²) in [5, 5.41) is 11.5. The lowest BCUT2D eigenvalue weighted by molar-refractivity contribution is -0.140. The molecule has 32 heavy (non-hydrogen) atoms. The van der Waals surface area contributed by atoms with Gasteiger partial charge in [0.05, 0.1) is 25.0 Å². The maximum absolute atomic E-state index is 13.3. The Kier molecular flexibility index (Phi) is 5.49. The van der Waals surface area contributed by atoms with Gasteiger partial charge in [-0.05, 0) is 38.5 Å². The van der Waals surface area contributed by atoms with Crippen LogP contribution in [0.4, 0.5) is 0 Å². The fourth-order valence-electron chi connectivity index (χ4n) is 4.30. The van der Waals surface area contributed by atoms with Gasteiger partial charge in [0, 0.05) is 11.5 Å². The van der Waals surface area contributed by atoms with Crippen LogP contribution in [0.25, 0.3) is 6.08 Å². The van der Waals surface area contributed by atoms with Gasteiger partial charge in [-0.15, -0.1) is 0 Å². The smallest absolute Gasteiger partial charge is 0.306 e. The number of phenols is 1. The molecule has 1 N–H and O–H groups in total. The quantitative estimate of drug-likeness (QED) is 0.689. The second-order valence-corrected chi connectivity index (χ2v) is 8.97. The van der Waals surface area contributed by atoms with Gasteiger partial charge in [-0.1, -0.05) is 37.3 Å². The molecule has 0 saturated carbocycles. The van der Waals surface area contributed by atoms with E-state index in [0.29, 0.717) is 22.6 Å². The van der Waals surface area contributed by atoms with E-state index in [1.807, 2.05) is 63.3 Å². The summed E-state index contributed by atoms with van der Waals surface area (Å²) < 4.78 is 17.4. The summed E-state index contributed by atoms with van der Waals surface area (Å²) in [6, 6.07) is 9.37. The van der Waals surface area contributed by atoms with E-state index >= 15 is 0 Å². The zero-order valence-corrected chi connectivity index (χ0v) is 19.0. The molecule has 3 atom stereocenters. The van der Waals surface area contributed by atoms with Crippen LogP contribution < -0.4 is 9.47 Å². The lowest BCUT2D eigenvalue weighted by atomic mass is 9.80. The van der Waals surface area contributed by atoms with Gasteiger partial charge in [0.15, 0.2) is 5.78 Å². The highest BCUT2D eigenvalue weighted by molar-refractivity contribution is 6.06. The molecule has 4 rings (SSSR count). The van der Waals surface area contributed by atoms with E-state index in [9.17, 15) is 14.7 Å². The highest BCUT2D eigenvalue weighted by atomic mass is 16.5. The Hall–Kier alpha value is -3.28. The number of carbonyl (C=O) groups excluding carboxylic acids is 2. The number of benzene rings is 2. The summed E-state index contributed by atoms with van der Waals surface area (Å²) in [6.45, 7) is 7.43. The van der Waals surface area contributed by atoms with Crippen molar-refractivity contribution in [1.82, 2.24) is 0 Å². The molecule has 0 aromatic heterocycles. The van der Waals surface area contributed by atoms with Gasteiger partial charge in [-0.3, -0.25) is 9.59 Å². The van der Waals surface area contributed by atoms with Crippen LogP contribution in [0.2, 0.25) is 0 Å². The first-order valence-corrected chi connectivity index (χ1v) is 10.8. The van der Waals surface area contributed by atoms with Gasteiger partial charge in [0.1, 0.15) is 34.5 Å². The number of ether oxygens (including phenoxy) is 3. The molecule has 0 fully saturated rings. The van der Waals surface area contributed by atoms with E-state index in [1.165, 1.54) is 7.11 Å². The van der Waals surface area contributed by atoms with Gasteiger partial charge in [0.2, 0.25) is 0 Å². The molecule has 2 aromatic rings. The van der Waals surface area contributed by atoms with Crippen LogP contribution in [-0.2, 0) is 9.53 Å². The number of aromatic hydroxyl groups is 1. The number of hydrogen-bond donors (Lipinski definition) is 1. The Morgan fingerprint density at radius 2 is 1.88 bits per heavy atom. The van der Waals surface area contributed by atoms with E-state index in [2.05, 4.69) is 0 Å². The fourth-order valence-corrected chi connectivity index (χ4v) is 4.30.